The highest BCUT2D eigenvalue weighted by molar-refractivity contribution is 5.00. The van der Waals surface area contributed by atoms with Gasteiger partial charge in [-0.3, -0.25) is 4.68 Å². The molecule has 3 nitrogen and oxygen atoms in total. The van der Waals surface area contributed by atoms with Crippen LogP contribution in [0.25, 0.3) is 0 Å². The van der Waals surface area contributed by atoms with Gasteiger partial charge in [-0.25, -0.2) is 0 Å². The Labute approximate surface area is 105 Å². The number of aryl methyl sites for hydroxylation is 1. The first-order chi connectivity index (χ1) is 8.22. The van der Waals surface area contributed by atoms with E-state index in [-0.39, 0.29) is 6.04 Å². The summed E-state index contributed by atoms with van der Waals surface area (Å²) in [6.07, 6.45) is 12.0. The van der Waals surface area contributed by atoms with Crippen LogP contribution in [0.4, 0.5) is 0 Å². The van der Waals surface area contributed by atoms with Crippen LogP contribution < -0.4 is 5.73 Å². The Balaban J connectivity index is 2.03. The predicted molar refractivity (Wildman–Crippen MR) is 72.9 cm³/mol. The lowest BCUT2D eigenvalue weighted by molar-refractivity contribution is 0.527. The molecule has 0 amide bonds. The van der Waals surface area contributed by atoms with Gasteiger partial charge in [0, 0.05) is 25.7 Å². The molecule has 1 atom stereocenters. The zero-order valence-electron chi connectivity index (χ0n) is 11.4. The van der Waals surface area contributed by atoms with Crippen molar-refractivity contribution in [1.29, 1.82) is 0 Å². The third kappa shape index (κ3) is 6.47. The van der Waals surface area contributed by atoms with E-state index < -0.39 is 0 Å². The molecule has 0 fully saturated rings. The number of nitrogens with zero attached hydrogens (tertiary/aromatic N) is 2. The van der Waals surface area contributed by atoms with Gasteiger partial charge in [0.15, 0.2) is 0 Å². The van der Waals surface area contributed by atoms with Crippen molar-refractivity contribution in [3.63, 3.8) is 0 Å². The van der Waals surface area contributed by atoms with Crippen LogP contribution in [0.1, 0.15) is 57.6 Å². The van der Waals surface area contributed by atoms with Crippen LogP contribution in [0.5, 0.6) is 0 Å². The third-order valence-electron chi connectivity index (χ3n) is 3.17. The van der Waals surface area contributed by atoms with E-state index in [1.165, 1.54) is 38.5 Å². The molecule has 0 aliphatic heterocycles. The number of aromatic nitrogens is 2. The summed E-state index contributed by atoms with van der Waals surface area (Å²) >= 11 is 0. The zero-order chi connectivity index (χ0) is 12.5. The molecule has 1 aromatic heterocycles. The minimum Gasteiger partial charge on any atom is -0.327 e. The Morgan fingerprint density at radius 2 is 1.94 bits per heavy atom. The van der Waals surface area contributed by atoms with Gasteiger partial charge in [-0.05, 0) is 12.5 Å². The Morgan fingerprint density at radius 1 is 1.24 bits per heavy atom. The number of unbranched alkanes of at least 4 members (excludes halogenated alkanes) is 5. The summed E-state index contributed by atoms with van der Waals surface area (Å²) in [5, 5.41) is 4.36. The summed E-state index contributed by atoms with van der Waals surface area (Å²) in [6, 6.07) is 2.33. The SMILES string of the molecule is CCCCCCCCC(N)Cc1ccn(C)n1. The molecular weight excluding hydrogens is 210 g/mol. The molecule has 2 N–H and O–H groups in total. The van der Waals surface area contributed by atoms with Crippen molar-refractivity contribution in [2.75, 3.05) is 0 Å². The summed E-state index contributed by atoms with van der Waals surface area (Å²) < 4.78 is 1.84. The summed E-state index contributed by atoms with van der Waals surface area (Å²) in [4.78, 5) is 0. The van der Waals surface area contributed by atoms with Crippen LogP contribution in [0.3, 0.4) is 0 Å². The molecule has 0 aliphatic rings. The van der Waals surface area contributed by atoms with E-state index in [0.29, 0.717) is 0 Å². The maximum Gasteiger partial charge on any atom is 0.0639 e. The van der Waals surface area contributed by atoms with E-state index in [9.17, 15) is 0 Å². The van der Waals surface area contributed by atoms with Crippen molar-refractivity contribution >= 4 is 0 Å². The lowest BCUT2D eigenvalue weighted by atomic mass is 10.0. The van der Waals surface area contributed by atoms with Crippen molar-refractivity contribution in [3.8, 4) is 0 Å². The predicted octanol–water partition coefficient (Wildman–Crippen LogP) is 3.04. The number of nitrogens with two attached hydrogens (primary N) is 1. The molecule has 98 valence electrons. The number of hydrogen-bond acceptors (Lipinski definition) is 2. The Kier molecular flexibility index (Phi) is 6.94. The van der Waals surface area contributed by atoms with Gasteiger partial charge >= 0.3 is 0 Å². The Morgan fingerprint density at radius 3 is 2.59 bits per heavy atom. The van der Waals surface area contributed by atoms with E-state index in [1.807, 2.05) is 17.9 Å². The molecule has 1 aromatic rings. The van der Waals surface area contributed by atoms with Gasteiger partial charge in [0.25, 0.3) is 0 Å². The molecule has 1 heterocycles. The first-order valence-corrected chi connectivity index (χ1v) is 6.96. The fourth-order valence-corrected chi connectivity index (χ4v) is 2.13. The van der Waals surface area contributed by atoms with E-state index in [4.69, 9.17) is 5.73 Å². The van der Waals surface area contributed by atoms with Gasteiger partial charge in [-0.15, -0.1) is 0 Å². The lowest BCUT2D eigenvalue weighted by Crippen LogP contribution is -2.22. The molecule has 0 aromatic carbocycles. The Hall–Kier alpha value is -0.830. The van der Waals surface area contributed by atoms with Crippen LogP contribution >= 0.6 is 0 Å². The summed E-state index contributed by atoms with van der Waals surface area (Å²) in [6.45, 7) is 2.25. The van der Waals surface area contributed by atoms with E-state index in [2.05, 4.69) is 18.1 Å². The topological polar surface area (TPSA) is 43.8 Å². The van der Waals surface area contributed by atoms with E-state index in [1.54, 1.807) is 0 Å². The Bertz CT molecular complexity index is 293. The van der Waals surface area contributed by atoms with Gasteiger partial charge in [0.05, 0.1) is 5.69 Å². The standard InChI is InChI=1S/C14H27N3/c1-3-4-5-6-7-8-9-13(15)12-14-10-11-17(2)16-14/h10-11,13H,3-9,12,15H2,1-2H3. The summed E-state index contributed by atoms with van der Waals surface area (Å²) in [5.74, 6) is 0. The van der Waals surface area contributed by atoms with Crippen LogP contribution in [0.2, 0.25) is 0 Å². The minimum absolute atomic E-state index is 0.274. The zero-order valence-corrected chi connectivity index (χ0v) is 11.4. The van der Waals surface area contributed by atoms with Crippen LogP contribution in [0.15, 0.2) is 12.3 Å². The molecule has 1 unspecified atom stereocenters. The molecule has 0 radical (unpaired) electrons. The van der Waals surface area contributed by atoms with E-state index >= 15 is 0 Å². The van der Waals surface area contributed by atoms with Crippen molar-refractivity contribution in [1.82, 2.24) is 9.78 Å². The monoisotopic (exact) mass is 237 g/mol. The van der Waals surface area contributed by atoms with Crippen LogP contribution in [-0.2, 0) is 13.5 Å². The average Bonchev–Trinajstić information content (AvgIpc) is 2.69. The third-order valence-corrected chi connectivity index (χ3v) is 3.17. The fraction of sp³-hybridized carbons (Fsp3) is 0.786. The second kappa shape index (κ2) is 8.29. The quantitative estimate of drug-likeness (QED) is 0.671. The van der Waals surface area contributed by atoms with Gasteiger partial charge in [0.1, 0.15) is 0 Å². The molecule has 3 heteroatoms. The molecule has 1 rings (SSSR count). The first-order valence-electron chi connectivity index (χ1n) is 6.96. The second-order valence-corrected chi connectivity index (χ2v) is 5.00. The van der Waals surface area contributed by atoms with Gasteiger partial charge in [0.2, 0.25) is 0 Å². The number of rotatable bonds is 9. The smallest absolute Gasteiger partial charge is 0.0639 e. The highest BCUT2D eigenvalue weighted by Crippen LogP contribution is 2.10. The summed E-state index contributed by atoms with van der Waals surface area (Å²) in [5.41, 5.74) is 7.22. The van der Waals surface area contributed by atoms with E-state index in [0.717, 1.165) is 18.5 Å². The fourth-order valence-electron chi connectivity index (χ4n) is 2.13. The van der Waals surface area contributed by atoms with Gasteiger partial charge < -0.3 is 5.73 Å². The van der Waals surface area contributed by atoms with Crippen molar-refractivity contribution in [3.05, 3.63) is 18.0 Å². The lowest BCUT2D eigenvalue weighted by Gasteiger charge is -2.09. The highest BCUT2D eigenvalue weighted by atomic mass is 15.2. The maximum atomic E-state index is 6.11. The normalized spacial score (nSPS) is 12.9. The van der Waals surface area contributed by atoms with Crippen molar-refractivity contribution < 1.29 is 0 Å². The largest absolute Gasteiger partial charge is 0.327 e. The van der Waals surface area contributed by atoms with Crippen LogP contribution in [0, 0.1) is 0 Å². The molecule has 0 aliphatic carbocycles. The first kappa shape index (κ1) is 14.2. The van der Waals surface area contributed by atoms with Crippen molar-refractivity contribution in [2.45, 2.75) is 64.3 Å². The number of hydrogen-bond donors (Lipinski definition) is 1. The molecular formula is C14H27N3. The highest BCUT2D eigenvalue weighted by Gasteiger charge is 2.05. The van der Waals surface area contributed by atoms with Gasteiger partial charge in [-0.1, -0.05) is 45.4 Å². The maximum absolute atomic E-state index is 6.11. The van der Waals surface area contributed by atoms with Crippen molar-refractivity contribution in [2.24, 2.45) is 12.8 Å². The molecule has 0 saturated heterocycles. The minimum atomic E-state index is 0.274. The second-order valence-electron chi connectivity index (χ2n) is 5.00. The van der Waals surface area contributed by atoms with Gasteiger partial charge in [-0.2, -0.15) is 5.10 Å². The molecule has 0 spiro atoms. The molecule has 17 heavy (non-hydrogen) atoms. The van der Waals surface area contributed by atoms with Crippen LogP contribution in [-0.4, -0.2) is 15.8 Å². The summed E-state index contributed by atoms with van der Waals surface area (Å²) in [7, 11) is 1.95. The molecule has 0 saturated carbocycles. The molecule has 0 bridgehead atoms. The average molecular weight is 237 g/mol.